The molecule has 9 heteroatoms. The third-order valence-corrected chi connectivity index (χ3v) is 4.66. The van der Waals surface area contributed by atoms with E-state index in [0.717, 1.165) is 5.39 Å². The Bertz CT molecular complexity index is 1090. The monoisotopic (exact) mass is 398 g/mol. The van der Waals surface area contributed by atoms with Crippen molar-refractivity contribution >= 4 is 40.3 Å². The molecule has 1 fully saturated rings. The average Bonchev–Trinajstić information content (AvgIpc) is 3.24. The van der Waals surface area contributed by atoms with Gasteiger partial charge in [-0.05, 0) is 42.0 Å². The summed E-state index contributed by atoms with van der Waals surface area (Å²) in [6.07, 6.45) is 0. The summed E-state index contributed by atoms with van der Waals surface area (Å²) in [6, 6.07) is 11.9. The third kappa shape index (κ3) is 3.14. The molecule has 1 aromatic heterocycles. The van der Waals surface area contributed by atoms with Crippen LogP contribution in [0.4, 0.5) is 4.79 Å². The maximum atomic E-state index is 12.6. The minimum Gasteiger partial charge on any atom is -0.497 e. The van der Waals surface area contributed by atoms with E-state index in [4.69, 9.17) is 16.3 Å². The first kappa shape index (κ1) is 17.9. The molecular weight excluding hydrogens is 384 g/mol. The number of aromatic amines is 1. The van der Waals surface area contributed by atoms with E-state index in [2.05, 4.69) is 15.7 Å². The molecule has 1 atom stereocenters. The number of benzene rings is 2. The van der Waals surface area contributed by atoms with Gasteiger partial charge in [-0.1, -0.05) is 23.7 Å². The molecule has 0 unspecified atom stereocenters. The van der Waals surface area contributed by atoms with Crippen LogP contribution in [0.3, 0.4) is 0 Å². The molecule has 0 radical (unpaired) electrons. The van der Waals surface area contributed by atoms with Crippen molar-refractivity contribution in [1.82, 2.24) is 20.7 Å². The molecule has 1 saturated heterocycles. The number of nitrogens with one attached hydrogen (secondary N) is 3. The number of rotatable bonds is 4. The van der Waals surface area contributed by atoms with Crippen LogP contribution in [0.2, 0.25) is 5.02 Å². The van der Waals surface area contributed by atoms with E-state index in [9.17, 15) is 14.4 Å². The summed E-state index contributed by atoms with van der Waals surface area (Å²) in [5.74, 6) is -0.571. The molecule has 2 aromatic carbocycles. The Balaban J connectivity index is 1.52. The minimum atomic E-state index is -0.889. The second kappa shape index (κ2) is 6.90. The first-order valence-electron chi connectivity index (χ1n) is 8.34. The average molecular weight is 399 g/mol. The highest BCUT2D eigenvalue weighted by Gasteiger charge is 2.40. The Labute approximate surface area is 164 Å². The molecular formula is C19H15ClN4O4. The Hall–Kier alpha value is -3.52. The smallest absolute Gasteiger partial charge is 0.344 e. The van der Waals surface area contributed by atoms with Crippen molar-refractivity contribution < 1.29 is 19.1 Å². The van der Waals surface area contributed by atoms with Crippen molar-refractivity contribution in [3.8, 4) is 5.75 Å². The highest BCUT2D eigenvalue weighted by Crippen LogP contribution is 2.24. The van der Waals surface area contributed by atoms with Gasteiger partial charge in [0.15, 0.2) is 0 Å². The van der Waals surface area contributed by atoms with E-state index in [1.165, 1.54) is 7.11 Å². The quantitative estimate of drug-likeness (QED) is 0.588. The van der Waals surface area contributed by atoms with Gasteiger partial charge in [-0.2, -0.15) is 5.01 Å². The van der Waals surface area contributed by atoms with Crippen LogP contribution in [0.5, 0.6) is 5.75 Å². The first-order chi connectivity index (χ1) is 13.5. The van der Waals surface area contributed by atoms with Gasteiger partial charge in [0.1, 0.15) is 17.5 Å². The molecule has 3 N–H and O–H groups in total. The molecule has 0 aliphatic carbocycles. The molecule has 2 heterocycles. The molecule has 8 nitrogen and oxygen atoms in total. The fourth-order valence-corrected chi connectivity index (χ4v) is 3.18. The van der Waals surface area contributed by atoms with Gasteiger partial charge in [0.05, 0.1) is 7.11 Å². The molecule has 0 bridgehead atoms. The summed E-state index contributed by atoms with van der Waals surface area (Å²) >= 11 is 5.95. The minimum absolute atomic E-state index is 0.200. The fourth-order valence-electron chi connectivity index (χ4n) is 2.99. The summed E-state index contributed by atoms with van der Waals surface area (Å²) in [7, 11) is 1.53. The zero-order valence-electron chi connectivity index (χ0n) is 14.7. The van der Waals surface area contributed by atoms with Crippen LogP contribution < -0.4 is 15.5 Å². The van der Waals surface area contributed by atoms with E-state index < -0.39 is 23.9 Å². The number of ether oxygens (including phenoxy) is 1. The SMILES string of the molecule is COc1ccc([C@H]2NC(=O)N(NC(=O)c3cc4cc(Cl)ccc4[nH]3)C2=O)cc1. The molecule has 1 aliphatic heterocycles. The zero-order chi connectivity index (χ0) is 19.8. The predicted molar refractivity (Wildman–Crippen MR) is 102 cm³/mol. The third-order valence-electron chi connectivity index (χ3n) is 4.43. The number of imide groups is 1. The van der Waals surface area contributed by atoms with Crippen LogP contribution in [-0.4, -0.2) is 34.9 Å². The van der Waals surface area contributed by atoms with Gasteiger partial charge in [0.25, 0.3) is 11.8 Å². The second-order valence-corrected chi connectivity index (χ2v) is 6.62. The molecule has 142 valence electrons. The number of carbonyl (C=O) groups is 3. The predicted octanol–water partition coefficient (Wildman–Crippen LogP) is 2.77. The number of fused-ring (bicyclic) bond motifs is 1. The lowest BCUT2D eigenvalue weighted by Gasteiger charge is -2.13. The van der Waals surface area contributed by atoms with Gasteiger partial charge in [-0.15, -0.1) is 0 Å². The summed E-state index contributed by atoms with van der Waals surface area (Å²) in [6.45, 7) is 0. The molecule has 28 heavy (non-hydrogen) atoms. The Morgan fingerprint density at radius 3 is 2.61 bits per heavy atom. The van der Waals surface area contributed by atoms with Crippen molar-refractivity contribution in [2.45, 2.75) is 6.04 Å². The highest BCUT2D eigenvalue weighted by atomic mass is 35.5. The van der Waals surface area contributed by atoms with Crippen molar-refractivity contribution in [3.05, 3.63) is 64.8 Å². The summed E-state index contributed by atoms with van der Waals surface area (Å²) in [4.78, 5) is 40.3. The summed E-state index contributed by atoms with van der Waals surface area (Å²) in [5, 5.41) is 4.51. The topological polar surface area (TPSA) is 104 Å². The van der Waals surface area contributed by atoms with E-state index in [1.807, 2.05) is 0 Å². The van der Waals surface area contributed by atoms with Crippen LogP contribution in [-0.2, 0) is 4.79 Å². The number of amides is 4. The molecule has 0 spiro atoms. The van der Waals surface area contributed by atoms with Gasteiger partial charge in [-0.3, -0.25) is 15.0 Å². The number of hydrazine groups is 1. The van der Waals surface area contributed by atoms with Gasteiger partial charge < -0.3 is 15.0 Å². The van der Waals surface area contributed by atoms with Crippen LogP contribution in [0.1, 0.15) is 22.1 Å². The van der Waals surface area contributed by atoms with E-state index in [-0.39, 0.29) is 5.69 Å². The zero-order valence-corrected chi connectivity index (χ0v) is 15.4. The number of carbonyl (C=O) groups excluding carboxylic acids is 3. The number of nitrogens with zero attached hydrogens (tertiary/aromatic N) is 1. The first-order valence-corrected chi connectivity index (χ1v) is 8.72. The Kier molecular flexibility index (Phi) is 4.40. The van der Waals surface area contributed by atoms with Crippen molar-refractivity contribution in [2.75, 3.05) is 7.11 Å². The number of urea groups is 1. The van der Waals surface area contributed by atoms with Crippen LogP contribution in [0.25, 0.3) is 10.9 Å². The van der Waals surface area contributed by atoms with E-state index in [0.29, 0.717) is 26.9 Å². The van der Waals surface area contributed by atoms with E-state index in [1.54, 1.807) is 48.5 Å². The van der Waals surface area contributed by atoms with Gasteiger partial charge in [0, 0.05) is 15.9 Å². The molecule has 4 amide bonds. The number of hydrogen-bond acceptors (Lipinski definition) is 4. The molecule has 0 saturated carbocycles. The Morgan fingerprint density at radius 1 is 1.14 bits per heavy atom. The van der Waals surface area contributed by atoms with E-state index >= 15 is 0 Å². The number of hydrogen-bond donors (Lipinski definition) is 3. The lowest BCUT2D eigenvalue weighted by Crippen LogP contribution is -2.46. The van der Waals surface area contributed by atoms with Gasteiger partial charge >= 0.3 is 6.03 Å². The lowest BCUT2D eigenvalue weighted by molar-refractivity contribution is -0.129. The molecule has 1 aliphatic rings. The lowest BCUT2D eigenvalue weighted by atomic mass is 10.1. The maximum absolute atomic E-state index is 12.6. The Morgan fingerprint density at radius 2 is 1.89 bits per heavy atom. The summed E-state index contributed by atoms with van der Waals surface area (Å²) < 4.78 is 5.08. The standard InChI is InChI=1S/C19H15ClN4O4/c1-28-13-5-2-10(3-6-13)16-18(26)24(19(27)22-16)23-17(25)15-9-11-8-12(20)4-7-14(11)21-15/h2-9,16,21H,1H3,(H,22,27)(H,23,25)/t16-/m1/s1. The highest BCUT2D eigenvalue weighted by molar-refractivity contribution is 6.31. The van der Waals surface area contributed by atoms with Crippen molar-refractivity contribution in [2.24, 2.45) is 0 Å². The molecule has 4 rings (SSSR count). The summed E-state index contributed by atoms with van der Waals surface area (Å²) in [5.41, 5.74) is 3.83. The number of methoxy groups -OCH3 is 1. The number of aromatic nitrogens is 1. The van der Waals surface area contributed by atoms with Crippen LogP contribution in [0.15, 0.2) is 48.5 Å². The van der Waals surface area contributed by atoms with Gasteiger partial charge in [0.2, 0.25) is 0 Å². The second-order valence-electron chi connectivity index (χ2n) is 6.18. The maximum Gasteiger partial charge on any atom is 0.344 e. The van der Waals surface area contributed by atoms with Crippen molar-refractivity contribution in [1.29, 1.82) is 0 Å². The van der Waals surface area contributed by atoms with Crippen LogP contribution >= 0.6 is 11.6 Å². The number of H-pyrrole nitrogens is 1. The fraction of sp³-hybridized carbons (Fsp3) is 0.105. The van der Waals surface area contributed by atoms with Crippen molar-refractivity contribution in [3.63, 3.8) is 0 Å². The van der Waals surface area contributed by atoms with Gasteiger partial charge in [-0.25, -0.2) is 4.79 Å². The number of halogens is 1. The normalized spacial score (nSPS) is 16.4. The largest absolute Gasteiger partial charge is 0.497 e. The van der Waals surface area contributed by atoms with Crippen LogP contribution in [0, 0.1) is 0 Å². The molecule has 3 aromatic rings.